The lowest BCUT2D eigenvalue weighted by Gasteiger charge is -2.13. The Labute approximate surface area is 183 Å². The Hall–Kier alpha value is -4.47. The number of anilines is 2. The van der Waals surface area contributed by atoms with Gasteiger partial charge in [-0.3, -0.25) is 10.1 Å². The number of para-hydroxylation sites is 1. The van der Waals surface area contributed by atoms with Gasteiger partial charge in [0.05, 0.1) is 24.8 Å². The molecule has 0 saturated heterocycles. The van der Waals surface area contributed by atoms with E-state index in [1.54, 1.807) is 30.3 Å². The largest absolute Gasteiger partial charge is 0.497 e. The number of pyridine rings is 1. The fourth-order valence-corrected chi connectivity index (χ4v) is 3.14. The summed E-state index contributed by atoms with van der Waals surface area (Å²) in [6.45, 7) is 1.85. The van der Waals surface area contributed by atoms with Gasteiger partial charge in [-0.15, -0.1) is 0 Å². The minimum Gasteiger partial charge on any atom is -0.497 e. The molecule has 0 aliphatic heterocycles. The van der Waals surface area contributed by atoms with E-state index < -0.39 is 10.6 Å². The molecule has 32 heavy (non-hydrogen) atoms. The lowest BCUT2D eigenvalue weighted by Crippen LogP contribution is -2.05. The van der Waals surface area contributed by atoms with E-state index in [0.717, 1.165) is 11.1 Å². The monoisotopic (exact) mass is 433 g/mol. The first-order valence-electron chi connectivity index (χ1n) is 9.53. The van der Waals surface area contributed by atoms with Gasteiger partial charge < -0.3 is 19.5 Å². The van der Waals surface area contributed by atoms with E-state index in [2.05, 4.69) is 20.3 Å². The lowest BCUT2D eigenvalue weighted by molar-refractivity contribution is -0.385. The van der Waals surface area contributed by atoms with Crippen LogP contribution in [0.15, 0.2) is 54.9 Å². The Morgan fingerprint density at radius 3 is 2.59 bits per heavy atom. The third-order valence-corrected chi connectivity index (χ3v) is 4.66. The van der Waals surface area contributed by atoms with Crippen LogP contribution >= 0.6 is 0 Å². The highest BCUT2D eigenvalue weighted by atomic mass is 16.6. The summed E-state index contributed by atoms with van der Waals surface area (Å²) in [5.74, 6) is 1.06. The molecule has 0 bridgehead atoms. The number of hydrogen-bond donors (Lipinski definition) is 1. The number of aryl methyl sites for hydroxylation is 1. The molecule has 162 valence electrons. The third kappa shape index (κ3) is 4.06. The van der Waals surface area contributed by atoms with Crippen molar-refractivity contribution in [3.05, 3.63) is 70.7 Å². The molecule has 0 atom stereocenters. The molecular weight excluding hydrogens is 414 g/mol. The Morgan fingerprint density at radius 2 is 1.84 bits per heavy atom. The summed E-state index contributed by atoms with van der Waals surface area (Å²) < 4.78 is 16.4. The fourth-order valence-electron chi connectivity index (χ4n) is 3.14. The highest BCUT2D eigenvalue weighted by Crippen LogP contribution is 2.39. The first-order chi connectivity index (χ1) is 15.5. The van der Waals surface area contributed by atoms with Crippen molar-refractivity contribution >= 4 is 28.1 Å². The van der Waals surface area contributed by atoms with Crippen molar-refractivity contribution in [3.63, 3.8) is 0 Å². The molecule has 1 N–H and O–H groups in total. The van der Waals surface area contributed by atoms with Crippen LogP contribution in [0.5, 0.6) is 23.1 Å². The van der Waals surface area contributed by atoms with Gasteiger partial charge in [-0.25, -0.2) is 9.97 Å². The molecular formula is C22H19N5O5. The maximum Gasteiger partial charge on any atom is 0.373 e. The number of rotatable bonds is 7. The van der Waals surface area contributed by atoms with Crippen LogP contribution in [0.1, 0.15) is 5.69 Å². The third-order valence-electron chi connectivity index (χ3n) is 4.66. The van der Waals surface area contributed by atoms with Crippen LogP contribution in [0.4, 0.5) is 17.2 Å². The zero-order valence-electron chi connectivity index (χ0n) is 17.5. The van der Waals surface area contributed by atoms with Crippen molar-refractivity contribution < 1.29 is 19.1 Å². The summed E-state index contributed by atoms with van der Waals surface area (Å²) in [5.41, 5.74) is 1.37. The van der Waals surface area contributed by atoms with Crippen LogP contribution in [0, 0.1) is 17.0 Å². The molecule has 2 aromatic carbocycles. The normalized spacial score (nSPS) is 10.6. The molecule has 0 aliphatic carbocycles. The van der Waals surface area contributed by atoms with Crippen LogP contribution < -0.4 is 19.5 Å². The number of aromatic nitrogens is 3. The van der Waals surface area contributed by atoms with Gasteiger partial charge in [-0.05, 0) is 31.2 Å². The topological polar surface area (TPSA) is 122 Å². The molecule has 4 aromatic rings. The minimum absolute atomic E-state index is 0.0593. The van der Waals surface area contributed by atoms with Gasteiger partial charge in [-0.2, -0.15) is 4.98 Å². The van der Waals surface area contributed by atoms with Gasteiger partial charge in [0, 0.05) is 17.1 Å². The van der Waals surface area contributed by atoms with Crippen molar-refractivity contribution in [2.24, 2.45) is 0 Å². The van der Waals surface area contributed by atoms with E-state index in [-0.39, 0.29) is 11.7 Å². The molecule has 0 spiro atoms. The Bertz CT molecular complexity index is 1310. The van der Waals surface area contributed by atoms with Crippen molar-refractivity contribution in [1.29, 1.82) is 0 Å². The Morgan fingerprint density at radius 1 is 1.00 bits per heavy atom. The number of nitrogens with one attached hydrogen (secondary N) is 1. The summed E-state index contributed by atoms with van der Waals surface area (Å²) in [4.78, 5) is 23.9. The zero-order valence-corrected chi connectivity index (χ0v) is 17.5. The van der Waals surface area contributed by atoms with Gasteiger partial charge >= 0.3 is 11.6 Å². The second kappa shape index (κ2) is 8.72. The van der Waals surface area contributed by atoms with Gasteiger partial charge in [0.15, 0.2) is 5.75 Å². The van der Waals surface area contributed by atoms with Gasteiger partial charge in [-0.1, -0.05) is 18.2 Å². The lowest BCUT2D eigenvalue weighted by atomic mass is 10.2. The van der Waals surface area contributed by atoms with Crippen LogP contribution in [0.3, 0.4) is 0 Å². The van der Waals surface area contributed by atoms with Crippen molar-refractivity contribution in [1.82, 2.24) is 15.0 Å². The van der Waals surface area contributed by atoms with E-state index in [4.69, 9.17) is 14.2 Å². The number of nitrogens with zero attached hydrogens (tertiary/aromatic N) is 4. The molecule has 0 unspecified atom stereocenters. The van der Waals surface area contributed by atoms with Gasteiger partial charge in [0.25, 0.3) is 0 Å². The maximum absolute atomic E-state index is 12.0. The minimum atomic E-state index is -0.603. The summed E-state index contributed by atoms with van der Waals surface area (Å²) in [5, 5.41) is 15.7. The summed E-state index contributed by atoms with van der Waals surface area (Å²) in [6, 6.07) is 14.1. The van der Waals surface area contributed by atoms with Gasteiger partial charge in [0.1, 0.15) is 23.3 Å². The molecule has 2 heterocycles. The van der Waals surface area contributed by atoms with Crippen LogP contribution in [0.2, 0.25) is 0 Å². The van der Waals surface area contributed by atoms with Crippen LogP contribution in [0.25, 0.3) is 10.9 Å². The summed E-state index contributed by atoms with van der Waals surface area (Å²) in [6.07, 6.45) is 1.18. The second-order valence-electron chi connectivity index (χ2n) is 6.71. The average Bonchev–Trinajstić information content (AvgIpc) is 2.79. The molecule has 0 fully saturated rings. The van der Waals surface area contributed by atoms with Gasteiger partial charge in [0.2, 0.25) is 5.82 Å². The molecule has 0 radical (unpaired) electrons. The second-order valence-corrected chi connectivity index (χ2v) is 6.71. The predicted molar refractivity (Wildman–Crippen MR) is 118 cm³/mol. The molecule has 0 amide bonds. The predicted octanol–water partition coefficient (Wildman–Crippen LogP) is 4.79. The maximum atomic E-state index is 12.0. The van der Waals surface area contributed by atoms with Crippen molar-refractivity contribution in [2.75, 3.05) is 19.5 Å². The van der Waals surface area contributed by atoms with Crippen LogP contribution in [-0.4, -0.2) is 34.1 Å². The first kappa shape index (κ1) is 20.8. The highest BCUT2D eigenvalue weighted by molar-refractivity contribution is 5.85. The number of nitro groups is 1. The number of hydrogen-bond acceptors (Lipinski definition) is 9. The first-order valence-corrected chi connectivity index (χ1v) is 9.53. The van der Waals surface area contributed by atoms with E-state index in [9.17, 15) is 10.1 Å². The number of fused-ring (bicyclic) bond motifs is 1. The van der Waals surface area contributed by atoms with E-state index in [1.165, 1.54) is 20.5 Å². The number of ether oxygens (including phenoxy) is 3. The van der Waals surface area contributed by atoms with Crippen LogP contribution in [-0.2, 0) is 0 Å². The van der Waals surface area contributed by atoms with E-state index >= 15 is 0 Å². The van der Waals surface area contributed by atoms with Crippen molar-refractivity contribution in [2.45, 2.75) is 6.92 Å². The van der Waals surface area contributed by atoms with Crippen molar-refractivity contribution in [3.8, 4) is 23.1 Å². The zero-order chi connectivity index (χ0) is 22.7. The SMILES string of the molecule is COc1ccc(OC)c(Nc2ncnc(Oc3cccc4ccc(C)nc34)c2[N+](=O)[O-])c1. The standard InChI is InChI=1S/C22H19N5O5/c1-13-7-8-14-5-4-6-18(19(14)25-13)32-22-20(27(28)29)21(23-12-24-22)26-16-11-15(30-2)9-10-17(16)31-3/h4-12H,1-3H3,(H,23,24,26). The Kier molecular flexibility index (Phi) is 5.67. The number of benzene rings is 2. The fraction of sp³-hybridized carbons (Fsp3) is 0.136. The highest BCUT2D eigenvalue weighted by Gasteiger charge is 2.26. The number of methoxy groups -OCH3 is 2. The molecule has 10 heteroatoms. The average molecular weight is 433 g/mol. The summed E-state index contributed by atoms with van der Waals surface area (Å²) in [7, 11) is 3.01. The smallest absolute Gasteiger partial charge is 0.373 e. The van der Waals surface area contributed by atoms with E-state index in [0.29, 0.717) is 28.5 Å². The Balaban J connectivity index is 1.78. The molecule has 0 saturated carbocycles. The molecule has 0 aliphatic rings. The molecule has 4 rings (SSSR count). The molecule has 10 nitrogen and oxygen atoms in total. The quantitative estimate of drug-likeness (QED) is 0.324. The molecule has 2 aromatic heterocycles. The summed E-state index contributed by atoms with van der Waals surface area (Å²) >= 11 is 0. The van der Waals surface area contributed by atoms with E-state index in [1.807, 2.05) is 25.1 Å².